The van der Waals surface area contributed by atoms with E-state index in [4.69, 9.17) is 4.52 Å². The first-order valence-electron chi connectivity index (χ1n) is 7.18. The number of nitrogens with one attached hydrogen (secondary N) is 1. The second-order valence-electron chi connectivity index (χ2n) is 5.51. The van der Waals surface area contributed by atoms with Gasteiger partial charge in [-0.2, -0.15) is 0 Å². The number of nitrogens with zero attached hydrogens (tertiary/aromatic N) is 4. The Kier molecular flexibility index (Phi) is 4.28. The van der Waals surface area contributed by atoms with Gasteiger partial charge in [-0.05, 0) is 26.8 Å². The fourth-order valence-electron chi connectivity index (χ4n) is 2.37. The molecular formula is C14H17N5O3S2. The van der Waals surface area contributed by atoms with E-state index in [2.05, 4.69) is 20.1 Å². The van der Waals surface area contributed by atoms with Crippen molar-refractivity contribution < 1.29 is 12.9 Å². The molecule has 0 unspecified atom stereocenters. The first kappa shape index (κ1) is 16.8. The highest BCUT2D eigenvalue weighted by Crippen LogP contribution is 2.34. The first-order valence-corrected chi connectivity index (χ1v) is 9.48. The third-order valence-electron chi connectivity index (χ3n) is 3.50. The van der Waals surface area contributed by atoms with Crippen LogP contribution in [0.4, 0.5) is 0 Å². The predicted octanol–water partition coefficient (Wildman–Crippen LogP) is 2.19. The van der Waals surface area contributed by atoms with Crippen LogP contribution in [0.5, 0.6) is 0 Å². The summed E-state index contributed by atoms with van der Waals surface area (Å²) in [6.45, 7) is 5.30. The highest BCUT2D eigenvalue weighted by molar-refractivity contribution is 7.89. The predicted molar refractivity (Wildman–Crippen MR) is 89.0 cm³/mol. The molecule has 0 aromatic carbocycles. The second-order valence-corrected chi connectivity index (χ2v) is 8.45. The Balaban J connectivity index is 1.90. The minimum absolute atomic E-state index is 0.227. The number of aryl methyl sites for hydroxylation is 3. The summed E-state index contributed by atoms with van der Waals surface area (Å²) in [5.41, 5.74) is 0.745. The molecule has 0 fully saturated rings. The van der Waals surface area contributed by atoms with Crippen LogP contribution in [0.15, 0.2) is 27.9 Å². The Hall–Kier alpha value is -2.04. The summed E-state index contributed by atoms with van der Waals surface area (Å²) in [5.74, 6) is 1.10. The topological polar surface area (TPSA) is 103 Å². The number of sulfonamides is 1. The largest absolute Gasteiger partial charge is 0.355 e. The van der Waals surface area contributed by atoms with E-state index >= 15 is 0 Å². The molecule has 1 N–H and O–H groups in total. The van der Waals surface area contributed by atoms with Gasteiger partial charge in [0.05, 0.1) is 21.5 Å². The Bertz CT molecular complexity index is 970. The van der Waals surface area contributed by atoms with Gasteiger partial charge in [0, 0.05) is 18.0 Å². The summed E-state index contributed by atoms with van der Waals surface area (Å²) in [7, 11) is -1.93. The van der Waals surface area contributed by atoms with Gasteiger partial charge in [0.1, 0.15) is 12.2 Å². The summed E-state index contributed by atoms with van der Waals surface area (Å²) < 4.78 is 34.9. The van der Waals surface area contributed by atoms with Crippen molar-refractivity contribution in [2.45, 2.75) is 31.7 Å². The maximum absolute atomic E-state index is 12.7. The van der Waals surface area contributed by atoms with E-state index in [1.54, 1.807) is 37.6 Å². The molecule has 0 amide bonds. The molecular weight excluding hydrogens is 350 g/mol. The molecule has 0 saturated carbocycles. The monoisotopic (exact) mass is 367 g/mol. The van der Waals surface area contributed by atoms with Crippen LogP contribution in [0.25, 0.3) is 10.6 Å². The van der Waals surface area contributed by atoms with Crippen molar-refractivity contribution in [3.05, 3.63) is 34.9 Å². The maximum atomic E-state index is 12.7. The lowest BCUT2D eigenvalue weighted by atomic mass is 10.3. The number of thiophene rings is 1. The van der Waals surface area contributed by atoms with Gasteiger partial charge in [-0.3, -0.25) is 0 Å². The second kappa shape index (κ2) is 6.11. The van der Waals surface area contributed by atoms with Crippen LogP contribution in [-0.2, 0) is 17.1 Å². The molecule has 1 atom stereocenters. The minimum Gasteiger partial charge on any atom is -0.355 e. The molecule has 0 radical (unpaired) electrons. The molecule has 0 bridgehead atoms. The van der Waals surface area contributed by atoms with Crippen molar-refractivity contribution in [1.82, 2.24) is 24.6 Å². The number of aromatic nitrogens is 4. The summed E-state index contributed by atoms with van der Waals surface area (Å²) in [6.07, 6.45) is 1.53. The molecule has 10 heteroatoms. The molecule has 3 aromatic heterocycles. The average Bonchev–Trinajstić information content (AvgIpc) is 3.18. The van der Waals surface area contributed by atoms with Gasteiger partial charge in [-0.15, -0.1) is 21.5 Å². The number of rotatable bonds is 5. The van der Waals surface area contributed by atoms with Crippen LogP contribution < -0.4 is 4.72 Å². The number of hydrogen-bond acceptors (Lipinski definition) is 7. The normalized spacial score (nSPS) is 13.3. The quantitative estimate of drug-likeness (QED) is 0.741. The molecule has 8 nitrogen and oxygen atoms in total. The van der Waals surface area contributed by atoms with Crippen LogP contribution in [0.1, 0.15) is 29.4 Å². The van der Waals surface area contributed by atoms with Crippen molar-refractivity contribution in [2.75, 3.05) is 0 Å². The molecule has 0 aliphatic heterocycles. The van der Waals surface area contributed by atoms with E-state index in [-0.39, 0.29) is 4.90 Å². The summed E-state index contributed by atoms with van der Waals surface area (Å²) in [5, 5.41) is 11.5. The third-order valence-corrected chi connectivity index (χ3v) is 6.36. The Morgan fingerprint density at radius 3 is 2.67 bits per heavy atom. The van der Waals surface area contributed by atoms with E-state index in [1.807, 2.05) is 6.92 Å². The van der Waals surface area contributed by atoms with E-state index in [0.29, 0.717) is 16.5 Å². The van der Waals surface area contributed by atoms with Crippen LogP contribution in [0, 0.1) is 13.8 Å². The molecule has 3 aromatic rings. The fraction of sp³-hybridized carbons (Fsp3) is 0.357. The van der Waals surface area contributed by atoms with Crippen LogP contribution in [-0.4, -0.2) is 28.3 Å². The standard InChI is InChI=1S/C14H17N5O3S2/c1-8-5-11(22-17-8)12-6-13(10(3)23-12)24(20,21)18-9(2)14-16-15-7-19(14)4/h5-7,9,18H,1-4H3/t9-/m0/s1. The first-order chi connectivity index (χ1) is 11.3. The van der Waals surface area contributed by atoms with E-state index in [1.165, 1.54) is 17.7 Å². The Morgan fingerprint density at radius 1 is 1.33 bits per heavy atom. The van der Waals surface area contributed by atoms with Crippen molar-refractivity contribution >= 4 is 21.4 Å². The minimum atomic E-state index is -3.70. The van der Waals surface area contributed by atoms with Crippen molar-refractivity contribution in [1.29, 1.82) is 0 Å². The summed E-state index contributed by atoms with van der Waals surface area (Å²) in [4.78, 5) is 1.63. The summed E-state index contributed by atoms with van der Waals surface area (Å²) in [6, 6.07) is 2.88. The van der Waals surface area contributed by atoms with Crippen LogP contribution in [0.3, 0.4) is 0 Å². The van der Waals surface area contributed by atoms with Gasteiger partial charge in [-0.25, -0.2) is 13.1 Å². The van der Waals surface area contributed by atoms with Gasteiger partial charge in [-0.1, -0.05) is 5.16 Å². The smallest absolute Gasteiger partial charge is 0.242 e. The fourth-order valence-corrected chi connectivity index (χ4v) is 5.11. The van der Waals surface area contributed by atoms with Crippen molar-refractivity contribution in [3.63, 3.8) is 0 Å². The zero-order valence-corrected chi connectivity index (χ0v) is 15.3. The van der Waals surface area contributed by atoms with Gasteiger partial charge in [0.2, 0.25) is 10.0 Å². The van der Waals surface area contributed by atoms with Gasteiger partial charge in [0.15, 0.2) is 5.76 Å². The van der Waals surface area contributed by atoms with Gasteiger partial charge < -0.3 is 9.09 Å². The van der Waals surface area contributed by atoms with Gasteiger partial charge in [0.25, 0.3) is 0 Å². The molecule has 0 aliphatic rings. The van der Waals surface area contributed by atoms with E-state index < -0.39 is 16.1 Å². The van der Waals surface area contributed by atoms with E-state index in [9.17, 15) is 8.42 Å². The lowest BCUT2D eigenvalue weighted by molar-refractivity contribution is 0.428. The summed E-state index contributed by atoms with van der Waals surface area (Å²) >= 11 is 1.35. The average molecular weight is 367 g/mol. The highest BCUT2D eigenvalue weighted by atomic mass is 32.2. The Morgan fingerprint density at radius 2 is 2.08 bits per heavy atom. The molecule has 3 rings (SSSR count). The molecule has 3 heterocycles. The molecule has 0 spiro atoms. The molecule has 128 valence electrons. The zero-order chi connectivity index (χ0) is 17.5. The SMILES string of the molecule is Cc1cc(-c2cc(S(=O)(=O)N[C@@H](C)c3nncn3C)c(C)s2)on1. The molecule has 0 saturated heterocycles. The van der Waals surface area contributed by atoms with E-state index in [0.717, 1.165) is 10.6 Å². The van der Waals surface area contributed by atoms with Crippen molar-refractivity contribution in [2.24, 2.45) is 7.05 Å². The van der Waals surface area contributed by atoms with Crippen molar-refractivity contribution in [3.8, 4) is 10.6 Å². The maximum Gasteiger partial charge on any atom is 0.242 e. The van der Waals surface area contributed by atoms with Crippen LogP contribution >= 0.6 is 11.3 Å². The van der Waals surface area contributed by atoms with Gasteiger partial charge >= 0.3 is 0 Å². The highest BCUT2D eigenvalue weighted by Gasteiger charge is 2.25. The number of hydrogen-bond donors (Lipinski definition) is 1. The Labute approximate surface area is 143 Å². The van der Waals surface area contributed by atoms with Crippen LogP contribution in [0.2, 0.25) is 0 Å². The lowest BCUT2D eigenvalue weighted by Gasteiger charge is -2.13. The molecule has 24 heavy (non-hydrogen) atoms. The zero-order valence-electron chi connectivity index (χ0n) is 13.6. The third kappa shape index (κ3) is 3.12. The lowest BCUT2D eigenvalue weighted by Crippen LogP contribution is -2.28. The molecule has 0 aliphatic carbocycles.